The second-order valence-corrected chi connectivity index (χ2v) is 4.67. The van der Waals surface area contributed by atoms with E-state index in [1.54, 1.807) is 12.1 Å². The second-order valence-electron chi connectivity index (χ2n) is 4.67. The molecule has 17 heavy (non-hydrogen) atoms. The number of carbonyl (C=O) groups is 1. The Kier molecular flexibility index (Phi) is 4.15. The summed E-state index contributed by atoms with van der Waals surface area (Å²) >= 11 is 0. The van der Waals surface area contributed by atoms with Crippen molar-refractivity contribution in [2.24, 2.45) is 11.7 Å². The Hall–Kier alpha value is -1.35. The number of benzene rings is 1. The van der Waals surface area contributed by atoms with Crippen molar-refractivity contribution in [3.05, 3.63) is 35.9 Å². The minimum atomic E-state index is -0.247. The molecule has 1 aromatic rings. The van der Waals surface area contributed by atoms with Crippen LogP contribution in [0.4, 0.5) is 0 Å². The molecular formula is C14H19NO2. The Morgan fingerprint density at radius 3 is 2.65 bits per heavy atom. The highest BCUT2D eigenvalue weighted by Gasteiger charge is 2.23. The number of hydrogen-bond donors (Lipinski definition) is 1. The van der Waals surface area contributed by atoms with Gasteiger partial charge in [0.05, 0.1) is 12.2 Å². The first-order valence-electron chi connectivity index (χ1n) is 6.25. The molecule has 1 fully saturated rings. The van der Waals surface area contributed by atoms with Crippen LogP contribution in [0.2, 0.25) is 0 Å². The summed E-state index contributed by atoms with van der Waals surface area (Å²) in [5, 5.41) is 0. The smallest absolute Gasteiger partial charge is 0.338 e. The molecule has 1 aliphatic rings. The Morgan fingerprint density at radius 2 is 1.94 bits per heavy atom. The Bertz CT molecular complexity index is 364. The zero-order chi connectivity index (χ0) is 12.1. The third kappa shape index (κ3) is 3.30. The number of esters is 1. The van der Waals surface area contributed by atoms with Crippen LogP contribution in [-0.2, 0) is 4.74 Å². The van der Waals surface area contributed by atoms with Crippen molar-refractivity contribution in [1.29, 1.82) is 0 Å². The third-order valence-corrected chi connectivity index (χ3v) is 3.41. The van der Waals surface area contributed by atoms with Crippen LogP contribution in [-0.4, -0.2) is 18.6 Å². The molecule has 92 valence electrons. The first-order chi connectivity index (χ1) is 8.27. The molecule has 0 amide bonds. The highest BCUT2D eigenvalue weighted by atomic mass is 16.5. The van der Waals surface area contributed by atoms with Gasteiger partial charge in [0.25, 0.3) is 0 Å². The van der Waals surface area contributed by atoms with E-state index in [1.807, 2.05) is 18.2 Å². The maximum Gasteiger partial charge on any atom is 0.338 e. The number of rotatable bonds is 3. The van der Waals surface area contributed by atoms with Crippen molar-refractivity contribution in [2.75, 3.05) is 6.61 Å². The third-order valence-electron chi connectivity index (χ3n) is 3.41. The first-order valence-corrected chi connectivity index (χ1v) is 6.25. The molecule has 0 heterocycles. The van der Waals surface area contributed by atoms with E-state index >= 15 is 0 Å². The molecule has 0 bridgehead atoms. The average molecular weight is 233 g/mol. The standard InChI is InChI=1S/C14H19NO2/c15-13-9-5-4-8-12(13)10-17-14(16)11-6-2-1-3-7-11/h1-3,6-7,12-13H,4-5,8-10,15H2/t12-,13-/m0/s1. The van der Waals surface area contributed by atoms with E-state index in [1.165, 1.54) is 12.8 Å². The molecule has 2 N–H and O–H groups in total. The summed E-state index contributed by atoms with van der Waals surface area (Å²) in [6.07, 6.45) is 4.52. The lowest BCUT2D eigenvalue weighted by molar-refractivity contribution is 0.0392. The van der Waals surface area contributed by atoms with Gasteiger partial charge < -0.3 is 10.5 Å². The molecular weight excluding hydrogens is 214 g/mol. The topological polar surface area (TPSA) is 52.3 Å². The van der Waals surface area contributed by atoms with E-state index in [9.17, 15) is 4.79 Å². The van der Waals surface area contributed by atoms with Gasteiger partial charge in [-0.15, -0.1) is 0 Å². The lowest BCUT2D eigenvalue weighted by Crippen LogP contribution is -2.36. The van der Waals surface area contributed by atoms with Crippen LogP contribution >= 0.6 is 0 Å². The second kappa shape index (κ2) is 5.82. The zero-order valence-electron chi connectivity index (χ0n) is 9.97. The predicted octanol–water partition coefficient (Wildman–Crippen LogP) is 2.36. The molecule has 0 aliphatic heterocycles. The predicted molar refractivity (Wildman–Crippen MR) is 66.7 cm³/mol. The largest absolute Gasteiger partial charge is 0.462 e. The van der Waals surface area contributed by atoms with Crippen molar-refractivity contribution in [2.45, 2.75) is 31.7 Å². The monoisotopic (exact) mass is 233 g/mol. The fourth-order valence-electron chi connectivity index (χ4n) is 2.28. The van der Waals surface area contributed by atoms with Gasteiger partial charge in [0.1, 0.15) is 0 Å². The molecule has 0 spiro atoms. The van der Waals surface area contributed by atoms with E-state index in [0.717, 1.165) is 12.8 Å². The first kappa shape index (κ1) is 12.1. The molecule has 0 radical (unpaired) electrons. The van der Waals surface area contributed by atoms with Gasteiger partial charge in [-0.25, -0.2) is 4.79 Å². The van der Waals surface area contributed by atoms with Gasteiger partial charge >= 0.3 is 5.97 Å². The van der Waals surface area contributed by atoms with Crippen molar-refractivity contribution in [3.8, 4) is 0 Å². The van der Waals surface area contributed by atoms with Crippen molar-refractivity contribution in [3.63, 3.8) is 0 Å². The summed E-state index contributed by atoms with van der Waals surface area (Å²) in [7, 11) is 0. The number of ether oxygens (including phenoxy) is 1. The van der Waals surface area contributed by atoms with Crippen LogP contribution in [0.1, 0.15) is 36.0 Å². The van der Waals surface area contributed by atoms with Crippen LogP contribution in [0.5, 0.6) is 0 Å². The van der Waals surface area contributed by atoms with Crippen molar-refractivity contribution >= 4 is 5.97 Å². The highest BCUT2D eigenvalue weighted by molar-refractivity contribution is 5.89. The fraction of sp³-hybridized carbons (Fsp3) is 0.500. The van der Waals surface area contributed by atoms with E-state index in [-0.39, 0.29) is 12.0 Å². The zero-order valence-corrected chi connectivity index (χ0v) is 9.97. The molecule has 2 atom stereocenters. The summed E-state index contributed by atoms with van der Waals surface area (Å²) in [5.41, 5.74) is 6.62. The number of nitrogens with two attached hydrogens (primary N) is 1. The quantitative estimate of drug-likeness (QED) is 0.815. The lowest BCUT2D eigenvalue weighted by atomic mass is 9.86. The summed E-state index contributed by atoms with van der Waals surface area (Å²) in [6.45, 7) is 0.453. The average Bonchev–Trinajstić information content (AvgIpc) is 2.38. The normalized spacial score (nSPS) is 24.3. The van der Waals surface area contributed by atoms with E-state index in [2.05, 4.69) is 0 Å². The van der Waals surface area contributed by atoms with Gasteiger partial charge in [-0.1, -0.05) is 31.0 Å². The number of hydrogen-bond acceptors (Lipinski definition) is 3. The Labute approximate surface area is 102 Å². The summed E-state index contributed by atoms with van der Waals surface area (Å²) in [5.74, 6) is 0.0831. The van der Waals surface area contributed by atoms with Crippen LogP contribution in [0, 0.1) is 5.92 Å². The van der Waals surface area contributed by atoms with Gasteiger partial charge in [0.15, 0.2) is 0 Å². The van der Waals surface area contributed by atoms with Crippen LogP contribution in [0.25, 0.3) is 0 Å². The van der Waals surface area contributed by atoms with Gasteiger partial charge in [-0.05, 0) is 25.0 Å². The molecule has 3 heteroatoms. The minimum Gasteiger partial charge on any atom is -0.462 e. The van der Waals surface area contributed by atoms with Gasteiger partial charge in [-0.2, -0.15) is 0 Å². The molecule has 1 saturated carbocycles. The molecule has 1 aliphatic carbocycles. The van der Waals surface area contributed by atoms with E-state index in [4.69, 9.17) is 10.5 Å². The lowest BCUT2D eigenvalue weighted by Gasteiger charge is -2.27. The maximum atomic E-state index is 11.7. The molecule has 0 aromatic heterocycles. The van der Waals surface area contributed by atoms with Gasteiger partial charge in [-0.3, -0.25) is 0 Å². The Balaban J connectivity index is 1.84. The molecule has 3 nitrogen and oxygen atoms in total. The van der Waals surface area contributed by atoms with Crippen LogP contribution < -0.4 is 5.73 Å². The summed E-state index contributed by atoms with van der Waals surface area (Å²) in [4.78, 5) is 11.7. The number of carbonyl (C=O) groups excluding carboxylic acids is 1. The fourth-order valence-corrected chi connectivity index (χ4v) is 2.28. The van der Waals surface area contributed by atoms with E-state index < -0.39 is 0 Å². The van der Waals surface area contributed by atoms with Gasteiger partial charge in [0.2, 0.25) is 0 Å². The molecule has 0 unspecified atom stereocenters. The van der Waals surface area contributed by atoms with Crippen LogP contribution in [0.15, 0.2) is 30.3 Å². The summed E-state index contributed by atoms with van der Waals surface area (Å²) < 4.78 is 5.32. The summed E-state index contributed by atoms with van der Waals surface area (Å²) in [6, 6.07) is 9.28. The molecule has 2 rings (SSSR count). The maximum absolute atomic E-state index is 11.7. The SMILES string of the molecule is N[C@H]1CCCC[C@H]1COC(=O)c1ccccc1. The minimum absolute atomic E-state index is 0.187. The van der Waals surface area contributed by atoms with Crippen LogP contribution in [0.3, 0.4) is 0 Å². The molecule has 1 aromatic carbocycles. The van der Waals surface area contributed by atoms with Crippen molar-refractivity contribution in [1.82, 2.24) is 0 Å². The Morgan fingerprint density at radius 1 is 1.24 bits per heavy atom. The van der Waals surface area contributed by atoms with Gasteiger partial charge in [0, 0.05) is 12.0 Å². The molecule has 0 saturated heterocycles. The van der Waals surface area contributed by atoms with E-state index in [0.29, 0.717) is 18.1 Å². The highest BCUT2D eigenvalue weighted by Crippen LogP contribution is 2.23. The van der Waals surface area contributed by atoms with Crippen molar-refractivity contribution < 1.29 is 9.53 Å².